The maximum absolute atomic E-state index is 14.4. The smallest absolute Gasteiger partial charge is 0.254 e. The Balaban J connectivity index is 0.00000176. The molecule has 0 bridgehead atoms. The van der Waals surface area contributed by atoms with E-state index in [1.807, 2.05) is 13.0 Å². The van der Waals surface area contributed by atoms with Gasteiger partial charge in [-0.05, 0) is 74.7 Å². The van der Waals surface area contributed by atoms with E-state index in [0.717, 1.165) is 37.1 Å². The van der Waals surface area contributed by atoms with Crippen LogP contribution in [-0.2, 0) is 0 Å². The predicted molar refractivity (Wildman–Crippen MR) is 88.3 cm³/mol. The average molecular weight is 327 g/mol. The summed E-state index contributed by atoms with van der Waals surface area (Å²) in [6.07, 6.45) is 4.42. The van der Waals surface area contributed by atoms with Crippen LogP contribution in [0.2, 0.25) is 0 Å². The van der Waals surface area contributed by atoms with Gasteiger partial charge in [-0.1, -0.05) is 6.07 Å². The molecule has 0 spiro atoms. The second kappa shape index (κ2) is 7.42. The van der Waals surface area contributed by atoms with Gasteiger partial charge in [0.1, 0.15) is 5.82 Å². The van der Waals surface area contributed by atoms with Gasteiger partial charge < -0.3 is 10.6 Å². The molecule has 1 heterocycles. The van der Waals surface area contributed by atoms with E-state index >= 15 is 0 Å². The van der Waals surface area contributed by atoms with Gasteiger partial charge in [-0.25, -0.2) is 4.39 Å². The number of piperidine rings is 1. The summed E-state index contributed by atoms with van der Waals surface area (Å²) in [7, 11) is 0. The first-order valence-electron chi connectivity index (χ1n) is 7.94. The first-order chi connectivity index (χ1) is 10.1. The lowest BCUT2D eigenvalue weighted by molar-refractivity contribution is 0.0947. The van der Waals surface area contributed by atoms with Gasteiger partial charge in [-0.2, -0.15) is 0 Å². The molecule has 2 aliphatic rings. The van der Waals surface area contributed by atoms with E-state index in [4.69, 9.17) is 0 Å². The van der Waals surface area contributed by atoms with Gasteiger partial charge in [0.15, 0.2) is 0 Å². The number of carbonyl (C=O) groups is 1. The lowest BCUT2D eigenvalue weighted by atomic mass is 9.88. The molecule has 1 saturated carbocycles. The number of halogens is 2. The van der Waals surface area contributed by atoms with E-state index in [2.05, 4.69) is 10.6 Å². The summed E-state index contributed by atoms with van der Waals surface area (Å²) >= 11 is 0. The van der Waals surface area contributed by atoms with Crippen molar-refractivity contribution in [3.05, 3.63) is 34.6 Å². The van der Waals surface area contributed by atoms with Crippen LogP contribution in [0, 0.1) is 18.7 Å². The largest absolute Gasteiger partial charge is 0.352 e. The summed E-state index contributed by atoms with van der Waals surface area (Å²) in [5.41, 5.74) is 2.00. The number of carbonyl (C=O) groups excluding carboxylic acids is 1. The molecule has 1 amide bonds. The highest BCUT2D eigenvalue weighted by molar-refractivity contribution is 5.96. The number of hydrogen-bond acceptors (Lipinski definition) is 2. The van der Waals surface area contributed by atoms with Crippen LogP contribution in [0.1, 0.15) is 53.1 Å². The molecule has 0 atom stereocenters. The Morgan fingerprint density at radius 2 is 1.95 bits per heavy atom. The molecule has 1 aromatic rings. The Morgan fingerprint density at radius 3 is 2.55 bits per heavy atom. The second-order valence-corrected chi connectivity index (χ2v) is 6.37. The number of amides is 1. The average Bonchev–Trinajstić information content (AvgIpc) is 3.29. The molecule has 0 radical (unpaired) electrons. The Bertz CT molecular complexity index is 516. The van der Waals surface area contributed by atoms with Crippen molar-refractivity contribution in [2.24, 2.45) is 5.92 Å². The topological polar surface area (TPSA) is 41.1 Å². The minimum Gasteiger partial charge on any atom is -0.352 e. The molecule has 5 heteroatoms. The highest BCUT2D eigenvalue weighted by Crippen LogP contribution is 2.29. The summed E-state index contributed by atoms with van der Waals surface area (Å²) < 4.78 is 14.4. The van der Waals surface area contributed by atoms with Crippen LogP contribution in [0.3, 0.4) is 0 Å². The van der Waals surface area contributed by atoms with Gasteiger partial charge in [-0.15, -0.1) is 12.4 Å². The van der Waals surface area contributed by atoms with Crippen molar-refractivity contribution in [1.29, 1.82) is 0 Å². The zero-order chi connectivity index (χ0) is 14.8. The van der Waals surface area contributed by atoms with Gasteiger partial charge in [0.05, 0.1) is 5.56 Å². The van der Waals surface area contributed by atoms with E-state index in [1.165, 1.54) is 12.8 Å². The zero-order valence-corrected chi connectivity index (χ0v) is 13.8. The molecular formula is C17H24ClFN2O. The van der Waals surface area contributed by atoms with Crippen LogP contribution in [0.5, 0.6) is 0 Å². The molecular weight excluding hydrogens is 303 g/mol. The summed E-state index contributed by atoms with van der Waals surface area (Å²) in [5.74, 6) is 0.361. The van der Waals surface area contributed by atoms with Crippen molar-refractivity contribution in [2.75, 3.05) is 19.6 Å². The molecule has 1 aromatic carbocycles. The van der Waals surface area contributed by atoms with Crippen molar-refractivity contribution in [2.45, 2.75) is 38.5 Å². The Morgan fingerprint density at radius 1 is 1.27 bits per heavy atom. The quantitative estimate of drug-likeness (QED) is 0.892. The molecule has 2 fully saturated rings. The molecule has 1 aliphatic heterocycles. The molecule has 0 aromatic heterocycles. The third-order valence-electron chi connectivity index (χ3n) is 4.60. The fourth-order valence-electron chi connectivity index (χ4n) is 3.10. The fourth-order valence-corrected chi connectivity index (χ4v) is 3.10. The number of nitrogens with one attached hydrogen (secondary N) is 2. The lowest BCUT2D eigenvalue weighted by Gasteiger charge is -2.24. The Kier molecular flexibility index (Phi) is 5.81. The number of rotatable bonds is 4. The molecule has 122 valence electrons. The molecule has 2 N–H and O–H groups in total. The van der Waals surface area contributed by atoms with Crippen molar-refractivity contribution in [1.82, 2.24) is 10.6 Å². The Labute approximate surface area is 137 Å². The van der Waals surface area contributed by atoms with Crippen molar-refractivity contribution < 1.29 is 9.18 Å². The number of aryl methyl sites for hydroxylation is 1. The van der Waals surface area contributed by atoms with Crippen molar-refractivity contribution in [3.63, 3.8) is 0 Å². The summed E-state index contributed by atoms with van der Waals surface area (Å²) in [5, 5.41) is 6.17. The van der Waals surface area contributed by atoms with E-state index in [0.29, 0.717) is 18.4 Å². The fraction of sp³-hybridized carbons (Fsp3) is 0.588. The van der Waals surface area contributed by atoms with E-state index in [1.54, 1.807) is 6.07 Å². The molecule has 3 nitrogen and oxygen atoms in total. The van der Waals surface area contributed by atoms with Crippen LogP contribution in [-0.4, -0.2) is 25.5 Å². The first kappa shape index (κ1) is 17.2. The zero-order valence-electron chi connectivity index (χ0n) is 13.0. The lowest BCUT2D eigenvalue weighted by Crippen LogP contribution is -2.28. The highest BCUT2D eigenvalue weighted by atomic mass is 35.5. The van der Waals surface area contributed by atoms with Gasteiger partial charge in [0.25, 0.3) is 5.91 Å². The third kappa shape index (κ3) is 3.99. The van der Waals surface area contributed by atoms with Gasteiger partial charge in [0, 0.05) is 6.54 Å². The minimum atomic E-state index is -0.378. The maximum Gasteiger partial charge on any atom is 0.254 e. The highest BCUT2D eigenvalue weighted by Gasteiger charge is 2.24. The maximum atomic E-state index is 14.4. The van der Waals surface area contributed by atoms with Crippen LogP contribution in [0.4, 0.5) is 4.39 Å². The van der Waals surface area contributed by atoms with Gasteiger partial charge in [-0.3, -0.25) is 4.79 Å². The van der Waals surface area contributed by atoms with Crippen LogP contribution < -0.4 is 10.6 Å². The predicted octanol–water partition coefficient (Wildman–Crippen LogP) is 3.16. The van der Waals surface area contributed by atoms with E-state index < -0.39 is 0 Å². The monoisotopic (exact) mass is 326 g/mol. The minimum absolute atomic E-state index is 0. The number of hydrogen-bond donors (Lipinski definition) is 2. The van der Waals surface area contributed by atoms with Crippen LogP contribution >= 0.6 is 12.4 Å². The van der Waals surface area contributed by atoms with E-state index in [-0.39, 0.29) is 29.7 Å². The molecule has 1 aliphatic carbocycles. The standard InChI is InChI=1S/C17H23FN2O.ClH/c1-11-8-14(13-4-6-19-7-5-13)9-15(18)16(11)17(21)20-10-12-2-3-12;/h8-9,12-13,19H,2-7,10H2,1H3,(H,20,21);1H. The van der Waals surface area contributed by atoms with Gasteiger partial charge in [0.2, 0.25) is 0 Å². The number of benzene rings is 1. The Hall–Kier alpha value is -1.13. The third-order valence-corrected chi connectivity index (χ3v) is 4.60. The molecule has 22 heavy (non-hydrogen) atoms. The van der Waals surface area contributed by atoms with E-state index in [9.17, 15) is 9.18 Å². The molecule has 0 unspecified atom stereocenters. The van der Waals surface area contributed by atoms with Crippen LogP contribution in [0.15, 0.2) is 12.1 Å². The first-order valence-corrected chi connectivity index (χ1v) is 7.94. The SMILES string of the molecule is Cc1cc(C2CCNCC2)cc(F)c1C(=O)NCC1CC1.Cl. The normalized spacial score (nSPS) is 18.6. The van der Waals surface area contributed by atoms with Crippen molar-refractivity contribution in [3.8, 4) is 0 Å². The van der Waals surface area contributed by atoms with Crippen molar-refractivity contribution >= 4 is 18.3 Å². The van der Waals surface area contributed by atoms with Gasteiger partial charge >= 0.3 is 0 Å². The summed E-state index contributed by atoms with van der Waals surface area (Å²) in [4.78, 5) is 12.1. The molecule has 3 rings (SSSR count). The molecule has 1 saturated heterocycles. The van der Waals surface area contributed by atoms with Crippen LogP contribution in [0.25, 0.3) is 0 Å². The summed E-state index contributed by atoms with van der Waals surface area (Å²) in [6.45, 7) is 4.47. The second-order valence-electron chi connectivity index (χ2n) is 6.37. The summed E-state index contributed by atoms with van der Waals surface area (Å²) in [6, 6.07) is 3.56.